The van der Waals surface area contributed by atoms with Crippen LogP contribution in [0.15, 0.2) is 30.3 Å². The maximum Gasteiger partial charge on any atom is 0.181 e. The molecule has 0 aliphatic carbocycles. The molecule has 4 nitrogen and oxygen atoms in total. The first-order valence-corrected chi connectivity index (χ1v) is 5.39. The van der Waals surface area contributed by atoms with E-state index in [1.165, 1.54) is 0 Å². The van der Waals surface area contributed by atoms with Gasteiger partial charge in [-0.25, -0.2) is 0 Å². The Kier molecular flexibility index (Phi) is 3.90. The topological polar surface area (TPSA) is 58.9 Å². The van der Waals surface area contributed by atoms with Crippen LogP contribution in [0.5, 0.6) is 0 Å². The Morgan fingerprint density at radius 2 is 2.00 bits per heavy atom. The lowest BCUT2D eigenvalue weighted by Gasteiger charge is -2.10. The lowest BCUT2D eigenvalue weighted by Crippen LogP contribution is -2.19. The van der Waals surface area contributed by atoms with Crippen LogP contribution in [0, 0.1) is 0 Å². The maximum absolute atomic E-state index is 9.25. The summed E-state index contributed by atoms with van der Waals surface area (Å²) in [5.41, 5.74) is 1.10. The quantitative estimate of drug-likeness (QED) is 0.789. The van der Waals surface area contributed by atoms with Crippen LogP contribution in [-0.4, -0.2) is 35.3 Å². The van der Waals surface area contributed by atoms with Crippen molar-refractivity contribution in [2.75, 3.05) is 6.61 Å². The summed E-state index contributed by atoms with van der Waals surface area (Å²) >= 11 is 0. The average Bonchev–Trinajstić information content (AvgIpc) is 2.60. The number of aliphatic hydroxyl groups excluding tert-OH is 2. The van der Waals surface area contributed by atoms with Gasteiger partial charge in [-0.05, 0) is 5.56 Å². The van der Waals surface area contributed by atoms with E-state index in [4.69, 9.17) is 14.6 Å². The molecule has 4 heteroatoms. The van der Waals surface area contributed by atoms with Crippen molar-refractivity contribution in [1.82, 2.24) is 0 Å². The summed E-state index contributed by atoms with van der Waals surface area (Å²) in [5.74, 6) is 0. The van der Waals surface area contributed by atoms with Crippen molar-refractivity contribution in [3.8, 4) is 0 Å². The minimum Gasteiger partial charge on any atom is -0.388 e. The molecule has 16 heavy (non-hydrogen) atoms. The zero-order valence-electron chi connectivity index (χ0n) is 8.95. The highest BCUT2D eigenvalue weighted by Crippen LogP contribution is 2.18. The molecule has 1 heterocycles. The van der Waals surface area contributed by atoms with Crippen molar-refractivity contribution in [1.29, 1.82) is 0 Å². The summed E-state index contributed by atoms with van der Waals surface area (Å²) in [6.07, 6.45) is -1.64. The lowest BCUT2D eigenvalue weighted by atomic mass is 10.2. The van der Waals surface area contributed by atoms with Crippen LogP contribution in [0.4, 0.5) is 0 Å². The van der Waals surface area contributed by atoms with E-state index in [1.54, 1.807) is 0 Å². The van der Waals surface area contributed by atoms with E-state index >= 15 is 0 Å². The van der Waals surface area contributed by atoms with Crippen LogP contribution < -0.4 is 0 Å². The molecule has 0 amide bonds. The van der Waals surface area contributed by atoms with Crippen molar-refractivity contribution in [2.24, 2.45) is 0 Å². The molecule has 1 aliphatic rings. The van der Waals surface area contributed by atoms with Gasteiger partial charge < -0.3 is 19.7 Å². The molecule has 2 rings (SSSR count). The van der Waals surface area contributed by atoms with Gasteiger partial charge in [0.1, 0.15) is 6.10 Å². The van der Waals surface area contributed by atoms with Gasteiger partial charge in [0.15, 0.2) is 6.29 Å². The fourth-order valence-corrected chi connectivity index (χ4v) is 1.72. The summed E-state index contributed by atoms with van der Waals surface area (Å²) < 4.78 is 10.5. The molecule has 2 N–H and O–H groups in total. The first-order chi connectivity index (χ1) is 7.75. The molecule has 1 aromatic rings. The van der Waals surface area contributed by atoms with Crippen molar-refractivity contribution in [3.05, 3.63) is 35.9 Å². The smallest absolute Gasteiger partial charge is 0.181 e. The zero-order chi connectivity index (χ0) is 11.4. The third-order valence-electron chi connectivity index (χ3n) is 2.58. The summed E-state index contributed by atoms with van der Waals surface area (Å²) in [6, 6.07) is 9.84. The van der Waals surface area contributed by atoms with Crippen LogP contribution in [0.3, 0.4) is 0 Å². The number of aliphatic hydroxyl groups is 2. The molecule has 88 valence electrons. The van der Waals surface area contributed by atoms with Gasteiger partial charge in [0.05, 0.1) is 19.3 Å². The van der Waals surface area contributed by atoms with E-state index < -0.39 is 12.4 Å². The van der Waals surface area contributed by atoms with Gasteiger partial charge in [-0.15, -0.1) is 0 Å². The Morgan fingerprint density at radius 3 is 2.62 bits per heavy atom. The van der Waals surface area contributed by atoms with Crippen molar-refractivity contribution in [2.45, 2.75) is 31.5 Å². The number of benzene rings is 1. The van der Waals surface area contributed by atoms with Gasteiger partial charge in [0.25, 0.3) is 0 Å². The van der Waals surface area contributed by atoms with Crippen molar-refractivity contribution >= 4 is 0 Å². The van der Waals surface area contributed by atoms with Crippen LogP contribution in [0.1, 0.15) is 12.0 Å². The Labute approximate surface area is 94.4 Å². The SMILES string of the molecule is O[C@H]1C[C@@H](COCc2ccccc2)O[C@@H]1O. The van der Waals surface area contributed by atoms with E-state index in [0.29, 0.717) is 19.6 Å². The highest BCUT2D eigenvalue weighted by molar-refractivity contribution is 5.13. The molecule has 1 fully saturated rings. The van der Waals surface area contributed by atoms with Crippen molar-refractivity contribution in [3.63, 3.8) is 0 Å². The predicted molar refractivity (Wildman–Crippen MR) is 57.6 cm³/mol. The van der Waals surface area contributed by atoms with E-state index in [9.17, 15) is 5.11 Å². The van der Waals surface area contributed by atoms with Gasteiger partial charge in [-0.2, -0.15) is 0 Å². The molecule has 0 unspecified atom stereocenters. The van der Waals surface area contributed by atoms with Gasteiger partial charge in [-0.1, -0.05) is 30.3 Å². The molecule has 3 atom stereocenters. The fourth-order valence-electron chi connectivity index (χ4n) is 1.72. The van der Waals surface area contributed by atoms with Crippen LogP contribution in [0.25, 0.3) is 0 Å². The normalized spacial score (nSPS) is 29.5. The summed E-state index contributed by atoms with van der Waals surface area (Å²) in [5, 5.41) is 18.4. The fraction of sp³-hybridized carbons (Fsp3) is 0.500. The number of hydrogen-bond donors (Lipinski definition) is 2. The second-order valence-electron chi connectivity index (χ2n) is 3.95. The van der Waals surface area contributed by atoms with Gasteiger partial charge in [0, 0.05) is 6.42 Å². The second kappa shape index (κ2) is 5.41. The van der Waals surface area contributed by atoms with E-state index in [2.05, 4.69) is 0 Å². The molecule has 1 aliphatic heterocycles. The highest BCUT2D eigenvalue weighted by Gasteiger charge is 2.32. The predicted octanol–water partition coefficient (Wildman–Crippen LogP) is 0.671. The van der Waals surface area contributed by atoms with E-state index in [0.717, 1.165) is 5.56 Å². The third kappa shape index (κ3) is 3.02. The molecular formula is C12H16O4. The largest absolute Gasteiger partial charge is 0.388 e. The molecule has 0 saturated carbocycles. The molecule has 0 radical (unpaired) electrons. The Morgan fingerprint density at radius 1 is 1.25 bits per heavy atom. The number of hydrogen-bond acceptors (Lipinski definition) is 4. The standard InChI is InChI=1S/C12H16O4/c13-11-6-10(16-12(11)14)8-15-7-9-4-2-1-3-5-9/h1-5,10-14H,6-8H2/t10-,11-,12-/m0/s1. The number of rotatable bonds is 4. The maximum atomic E-state index is 9.25. The van der Waals surface area contributed by atoms with Crippen LogP contribution in [0.2, 0.25) is 0 Å². The van der Waals surface area contributed by atoms with Crippen LogP contribution >= 0.6 is 0 Å². The summed E-state index contributed by atoms with van der Waals surface area (Å²) in [4.78, 5) is 0. The molecule has 1 saturated heterocycles. The second-order valence-corrected chi connectivity index (χ2v) is 3.95. The minimum atomic E-state index is -1.06. The monoisotopic (exact) mass is 224 g/mol. The summed E-state index contributed by atoms with van der Waals surface area (Å²) in [6.45, 7) is 0.913. The minimum absolute atomic E-state index is 0.214. The molecule has 1 aromatic carbocycles. The first kappa shape index (κ1) is 11.5. The van der Waals surface area contributed by atoms with Crippen LogP contribution in [-0.2, 0) is 16.1 Å². The summed E-state index contributed by atoms with van der Waals surface area (Å²) in [7, 11) is 0. The molecule has 0 bridgehead atoms. The van der Waals surface area contributed by atoms with Gasteiger partial charge in [0.2, 0.25) is 0 Å². The highest BCUT2D eigenvalue weighted by atomic mass is 16.6. The number of ether oxygens (including phenoxy) is 2. The molecular weight excluding hydrogens is 208 g/mol. The molecule has 0 aromatic heterocycles. The van der Waals surface area contributed by atoms with Gasteiger partial charge >= 0.3 is 0 Å². The van der Waals surface area contributed by atoms with E-state index in [-0.39, 0.29) is 6.10 Å². The van der Waals surface area contributed by atoms with Crippen molar-refractivity contribution < 1.29 is 19.7 Å². The lowest BCUT2D eigenvalue weighted by molar-refractivity contribution is -0.137. The Bertz CT molecular complexity index is 304. The average molecular weight is 224 g/mol. The molecule has 0 spiro atoms. The van der Waals surface area contributed by atoms with Gasteiger partial charge in [-0.3, -0.25) is 0 Å². The zero-order valence-corrected chi connectivity index (χ0v) is 8.95. The third-order valence-corrected chi connectivity index (χ3v) is 2.58. The van der Waals surface area contributed by atoms with E-state index in [1.807, 2.05) is 30.3 Å². The Balaban J connectivity index is 1.69. The Hall–Kier alpha value is -0.940. The first-order valence-electron chi connectivity index (χ1n) is 5.39.